The number of ether oxygens (including phenoxy) is 1. The molecule has 0 saturated carbocycles. The molecule has 166 valence electrons. The van der Waals surface area contributed by atoms with Crippen LogP contribution in [0.5, 0.6) is 0 Å². The number of hydrogen-bond acceptors (Lipinski definition) is 7. The van der Waals surface area contributed by atoms with Crippen LogP contribution < -0.4 is 4.90 Å². The zero-order valence-corrected chi connectivity index (χ0v) is 18.1. The molecule has 31 heavy (non-hydrogen) atoms. The van der Waals surface area contributed by atoms with Gasteiger partial charge in [0.05, 0.1) is 6.61 Å². The van der Waals surface area contributed by atoms with Gasteiger partial charge >= 0.3 is 5.97 Å². The highest BCUT2D eigenvalue weighted by atomic mass is 16.5. The van der Waals surface area contributed by atoms with E-state index in [1.165, 1.54) is 0 Å². The van der Waals surface area contributed by atoms with Crippen LogP contribution in [0.4, 0.5) is 5.82 Å². The van der Waals surface area contributed by atoms with Gasteiger partial charge in [0, 0.05) is 50.8 Å². The van der Waals surface area contributed by atoms with E-state index in [1.54, 1.807) is 6.92 Å². The molecule has 3 rings (SSSR count). The Morgan fingerprint density at radius 2 is 1.74 bits per heavy atom. The first-order valence-electron chi connectivity index (χ1n) is 10.9. The number of anilines is 1. The van der Waals surface area contributed by atoms with Gasteiger partial charge in [-0.2, -0.15) is 0 Å². The number of esters is 1. The fraction of sp³-hybridized carbons (Fsp3) is 0.458. The number of aliphatic hydroxyl groups excluding tert-OH is 1. The molecule has 1 aliphatic rings. The van der Waals surface area contributed by atoms with Gasteiger partial charge in [-0.25, -0.2) is 4.98 Å². The van der Waals surface area contributed by atoms with Gasteiger partial charge in [0.1, 0.15) is 12.4 Å². The Labute approximate surface area is 183 Å². The second kappa shape index (κ2) is 11.6. The maximum Gasteiger partial charge on any atom is 0.306 e. The van der Waals surface area contributed by atoms with Gasteiger partial charge in [-0.3, -0.25) is 14.5 Å². The van der Waals surface area contributed by atoms with Crippen LogP contribution in [0, 0.1) is 0 Å². The first kappa shape index (κ1) is 22.9. The number of benzene rings is 1. The molecule has 0 atom stereocenters. The van der Waals surface area contributed by atoms with E-state index < -0.39 is 0 Å². The molecule has 0 radical (unpaired) electrons. The number of carbonyl (C=O) groups excluding carboxylic acids is 2. The van der Waals surface area contributed by atoms with E-state index in [0.717, 1.165) is 61.7 Å². The lowest BCUT2D eigenvalue weighted by Gasteiger charge is -2.35. The first-order valence-corrected chi connectivity index (χ1v) is 10.9. The van der Waals surface area contributed by atoms with E-state index in [1.807, 2.05) is 30.5 Å². The van der Waals surface area contributed by atoms with Gasteiger partial charge < -0.3 is 14.7 Å². The van der Waals surface area contributed by atoms with Gasteiger partial charge in [-0.15, -0.1) is 0 Å². The number of nitrogens with zero attached hydrogens (tertiary/aromatic N) is 3. The topological polar surface area (TPSA) is 83.0 Å². The molecule has 1 N–H and O–H groups in total. The highest BCUT2D eigenvalue weighted by molar-refractivity contribution is 5.82. The number of carbonyl (C=O) groups is 2. The smallest absolute Gasteiger partial charge is 0.306 e. The lowest BCUT2D eigenvalue weighted by molar-refractivity contribution is -0.148. The van der Waals surface area contributed by atoms with E-state index >= 15 is 0 Å². The van der Waals surface area contributed by atoms with Crippen molar-refractivity contribution in [3.63, 3.8) is 0 Å². The third kappa shape index (κ3) is 6.87. The zero-order valence-electron chi connectivity index (χ0n) is 18.1. The van der Waals surface area contributed by atoms with E-state index in [0.29, 0.717) is 12.8 Å². The Hall–Kier alpha value is -2.77. The molecule has 1 fully saturated rings. The monoisotopic (exact) mass is 425 g/mol. The number of pyridine rings is 1. The summed E-state index contributed by atoms with van der Waals surface area (Å²) >= 11 is 0. The van der Waals surface area contributed by atoms with Crippen molar-refractivity contribution in [1.82, 2.24) is 9.88 Å². The molecule has 1 aromatic carbocycles. The summed E-state index contributed by atoms with van der Waals surface area (Å²) in [4.78, 5) is 32.1. The largest absolute Gasteiger partial charge is 0.458 e. The number of aromatic nitrogens is 1. The third-order valence-corrected chi connectivity index (χ3v) is 5.56. The Balaban J connectivity index is 1.40. The van der Waals surface area contributed by atoms with E-state index in [-0.39, 0.29) is 25.0 Å². The van der Waals surface area contributed by atoms with Crippen LogP contribution in [-0.2, 0) is 20.9 Å². The number of rotatable bonds is 10. The molecule has 0 spiro atoms. The molecule has 0 amide bonds. The maximum atomic E-state index is 11.7. The average molecular weight is 426 g/mol. The van der Waals surface area contributed by atoms with Crippen LogP contribution in [0.25, 0.3) is 11.1 Å². The van der Waals surface area contributed by atoms with Crippen molar-refractivity contribution < 1.29 is 19.4 Å². The summed E-state index contributed by atoms with van der Waals surface area (Å²) in [5.41, 5.74) is 3.03. The predicted molar refractivity (Wildman–Crippen MR) is 120 cm³/mol. The van der Waals surface area contributed by atoms with E-state index in [2.05, 4.69) is 26.9 Å². The van der Waals surface area contributed by atoms with Crippen LogP contribution in [0.3, 0.4) is 0 Å². The van der Waals surface area contributed by atoms with E-state index in [4.69, 9.17) is 9.84 Å². The van der Waals surface area contributed by atoms with Gasteiger partial charge in [0.15, 0.2) is 5.78 Å². The lowest BCUT2D eigenvalue weighted by atomic mass is 10.1. The summed E-state index contributed by atoms with van der Waals surface area (Å²) in [6.45, 7) is 6.20. The summed E-state index contributed by atoms with van der Waals surface area (Å²) < 4.78 is 4.98. The lowest BCUT2D eigenvalue weighted by Crippen LogP contribution is -2.47. The second-order valence-corrected chi connectivity index (χ2v) is 7.75. The fourth-order valence-corrected chi connectivity index (χ4v) is 3.53. The summed E-state index contributed by atoms with van der Waals surface area (Å²) in [6, 6.07) is 12.0. The number of ketones is 1. The Bertz CT molecular complexity index is 844. The maximum absolute atomic E-state index is 11.7. The molecule has 1 aliphatic heterocycles. The van der Waals surface area contributed by atoms with Crippen molar-refractivity contribution in [1.29, 1.82) is 0 Å². The molecule has 1 saturated heterocycles. The average Bonchev–Trinajstić information content (AvgIpc) is 2.83. The quantitative estimate of drug-likeness (QED) is 0.586. The second-order valence-electron chi connectivity index (χ2n) is 7.75. The molecule has 2 heterocycles. The predicted octanol–water partition coefficient (Wildman–Crippen LogP) is 2.67. The van der Waals surface area contributed by atoms with Crippen molar-refractivity contribution >= 4 is 17.6 Å². The number of Topliss-reactive ketones (excluding diaryl/α,β-unsaturated/α-hetero) is 1. The summed E-state index contributed by atoms with van der Waals surface area (Å²) in [5.74, 6) is 0.626. The molecule has 2 aromatic rings. The van der Waals surface area contributed by atoms with Crippen LogP contribution in [0.1, 0.15) is 31.7 Å². The number of piperazine rings is 1. The minimum absolute atomic E-state index is 0.0491. The van der Waals surface area contributed by atoms with Gasteiger partial charge in [0.25, 0.3) is 0 Å². The molecular weight excluding hydrogens is 394 g/mol. The van der Waals surface area contributed by atoms with Crippen LogP contribution >= 0.6 is 0 Å². The zero-order chi connectivity index (χ0) is 22.1. The molecule has 0 bridgehead atoms. The Morgan fingerprint density at radius 3 is 2.35 bits per heavy atom. The molecular formula is C24H31N3O4. The third-order valence-electron chi connectivity index (χ3n) is 5.56. The Morgan fingerprint density at radius 1 is 1.03 bits per heavy atom. The SMILES string of the molecule is CCC(=O)COC(=O)CCCN1CCN(c2ccc(-c3ccc(CO)cc3)cn2)CC1. The normalized spacial score (nSPS) is 14.5. The Kier molecular flexibility index (Phi) is 8.55. The molecule has 0 unspecified atom stereocenters. The molecule has 0 aliphatic carbocycles. The van der Waals surface area contributed by atoms with Crippen molar-refractivity contribution in [3.8, 4) is 11.1 Å². The summed E-state index contributed by atoms with van der Waals surface area (Å²) in [6.07, 6.45) is 3.37. The standard InChI is InChI=1S/C24H31N3O4/c1-2-22(29)18-31-24(30)4-3-11-26-12-14-27(15-13-26)23-10-9-21(16-25-23)20-7-5-19(17-28)6-8-20/h5-10,16,28H,2-4,11-15,17-18H2,1H3. The van der Waals surface area contributed by atoms with Gasteiger partial charge in [0.2, 0.25) is 0 Å². The van der Waals surface area contributed by atoms with Crippen molar-refractivity contribution in [2.24, 2.45) is 0 Å². The van der Waals surface area contributed by atoms with Gasteiger partial charge in [-0.05, 0) is 36.2 Å². The summed E-state index contributed by atoms with van der Waals surface area (Å²) in [5, 5.41) is 9.17. The van der Waals surface area contributed by atoms with E-state index in [9.17, 15) is 9.59 Å². The highest BCUT2D eigenvalue weighted by Gasteiger charge is 2.18. The number of hydrogen-bond donors (Lipinski definition) is 1. The van der Waals surface area contributed by atoms with Crippen LogP contribution in [-0.4, -0.2) is 66.1 Å². The minimum Gasteiger partial charge on any atom is -0.458 e. The van der Waals surface area contributed by atoms with Crippen LogP contribution in [0.15, 0.2) is 42.6 Å². The minimum atomic E-state index is -0.296. The van der Waals surface area contributed by atoms with Crippen molar-refractivity contribution in [2.75, 3.05) is 44.2 Å². The molecule has 1 aromatic heterocycles. The molecule has 7 heteroatoms. The summed E-state index contributed by atoms with van der Waals surface area (Å²) in [7, 11) is 0. The number of aliphatic hydroxyl groups is 1. The van der Waals surface area contributed by atoms with Crippen molar-refractivity contribution in [2.45, 2.75) is 32.8 Å². The van der Waals surface area contributed by atoms with Crippen molar-refractivity contribution in [3.05, 3.63) is 48.2 Å². The molecule has 7 nitrogen and oxygen atoms in total. The van der Waals surface area contributed by atoms with Gasteiger partial charge in [-0.1, -0.05) is 31.2 Å². The van der Waals surface area contributed by atoms with Crippen LogP contribution in [0.2, 0.25) is 0 Å². The highest BCUT2D eigenvalue weighted by Crippen LogP contribution is 2.22. The fourth-order valence-electron chi connectivity index (χ4n) is 3.53. The first-order chi connectivity index (χ1) is 15.1.